The van der Waals surface area contributed by atoms with Crippen LogP contribution in [0.3, 0.4) is 0 Å². The van der Waals surface area contributed by atoms with Gasteiger partial charge < -0.3 is 0 Å². The summed E-state index contributed by atoms with van der Waals surface area (Å²) in [5.41, 5.74) is 7.32. The molecule has 0 atom stereocenters. The second kappa shape index (κ2) is 7.77. The first-order chi connectivity index (χ1) is 10.9. The van der Waals surface area contributed by atoms with Crippen LogP contribution >= 0.6 is 0 Å². The molecule has 1 heteroatoms. The molecular formula is C22H30O. The van der Waals surface area contributed by atoms with E-state index >= 15 is 0 Å². The van der Waals surface area contributed by atoms with Gasteiger partial charge in [0, 0.05) is 0 Å². The molecule has 2 rings (SSSR count). The molecule has 0 aromatic heterocycles. The van der Waals surface area contributed by atoms with E-state index in [-0.39, 0.29) is 0 Å². The summed E-state index contributed by atoms with van der Waals surface area (Å²) < 4.78 is 0. The van der Waals surface area contributed by atoms with Crippen molar-refractivity contribution in [1.29, 1.82) is 0 Å². The van der Waals surface area contributed by atoms with Crippen LogP contribution in [-0.4, -0.2) is 6.29 Å². The summed E-state index contributed by atoms with van der Waals surface area (Å²) in [5, 5.41) is 0. The third-order valence-electron chi connectivity index (χ3n) is 5.27. The smallest absolute Gasteiger partial charge is 0.142 e. The highest BCUT2D eigenvalue weighted by molar-refractivity contribution is 5.66. The first-order valence-corrected chi connectivity index (χ1v) is 8.82. The van der Waals surface area contributed by atoms with Gasteiger partial charge in [-0.1, -0.05) is 49.3 Å². The van der Waals surface area contributed by atoms with Crippen molar-refractivity contribution >= 4 is 6.29 Å². The molecule has 2 aliphatic rings. The maximum atomic E-state index is 10.6. The van der Waals surface area contributed by atoms with Crippen molar-refractivity contribution in [1.82, 2.24) is 0 Å². The standard InChI is InChI=1S/C22H30O/c1-17(20-9-5-8-19(11-12-20)14-16-23)10-13-21-18(2)7-6-15-22(21,3)4/h5,9-10,13-14,16H,6-8,11-12,15H2,1-4H3. The van der Waals surface area contributed by atoms with Crippen molar-refractivity contribution in [3.05, 3.63) is 58.2 Å². The maximum absolute atomic E-state index is 10.6. The number of rotatable bonds is 3. The Morgan fingerprint density at radius 3 is 2.70 bits per heavy atom. The molecule has 0 aromatic rings. The Morgan fingerprint density at radius 2 is 2.00 bits per heavy atom. The highest BCUT2D eigenvalue weighted by Gasteiger charge is 2.26. The minimum absolute atomic E-state index is 0.295. The van der Waals surface area contributed by atoms with Crippen LogP contribution in [-0.2, 0) is 4.79 Å². The number of aldehydes is 1. The van der Waals surface area contributed by atoms with Gasteiger partial charge in [-0.2, -0.15) is 0 Å². The van der Waals surface area contributed by atoms with Gasteiger partial charge in [-0.05, 0) is 80.6 Å². The average molecular weight is 310 g/mol. The summed E-state index contributed by atoms with van der Waals surface area (Å²) in [6.45, 7) is 9.21. The van der Waals surface area contributed by atoms with Gasteiger partial charge in [-0.25, -0.2) is 0 Å². The third-order valence-corrected chi connectivity index (χ3v) is 5.27. The molecule has 0 N–H and O–H groups in total. The van der Waals surface area contributed by atoms with Gasteiger partial charge in [-0.15, -0.1) is 0 Å². The topological polar surface area (TPSA) is 17.1 Å². The minimum Gasteiger partial charge on any atom is -0.299 e. The summed E-state index contributed by atoms with van der Waals surface area (Å²) in [4.78, 5) is 10.6. The summed E-state index contributed by atoms with van der Waals surface area (Å²) in [6.07, 6.45) is 18.4. The first-order valence-electron chi connectivity index (χ1n) is 8.82. The summed E-state index contributed by atoms with van der Waals surface area (Å²) in [7, 11) is 0. The Balaban J connectivity index is 2.19. The average Bonchev–Trinajstić information content (AvgIpc) is 2.72. The Labute approximate surface area is 141 Å². The van der Waals surface area contributed by atoms with Crippen molar-refractivity contribution < 1.29 is 4.79 Å². The van der Waals surface area contributed by atoms with Gasteiger partial charge in [0.05, 0.1) is 0 Å². The van der Waals surface area contributed by atoms with E-state index in [2.05, 4.69) is 52.0 Å². The quantitative estimate of drug-likeness (QED) is 0.444. The first kappa shape index (κ1) is 17.7. The molecule has 0 fully saturated rings. The van der Waals surface area contributed by atoms with E-state index in [9.17, 15) is 4.79 Å². The van der Waals surface area contributed by atoms with E-state index in [1.54, 1.807) is 11.6 Å². The van der Waals surface area contributed by atoms with Crippen molar-refractivity contribution in [2.75, 3.05) is 0 Å². The molecule has 0 heterocycles. The molecule has 23 heavy (non-hydrogen) atoms. The van der Waals surface area contributed by atoms with Gasteiger partial charge in [0.2, 0.25) is 0 Å². The van der Waals surface area contributed by atoms with Crippen LogP contribution in [0.15, 0.2) is 58.2 Å². The largest absolute Gasteiger partial charge is 0.299 e. The number of hydrogen-bond acceptors (Lipinski definition) is 1. The number of hydrogen-bond donors (Lipinski definition) is 0. The lowest BCUT2D eigenvalue weighted by molar-refractivity contribution is -0.104. The van der Waals surface area contributed by atoms with Crippen LogP contribution in [0, 0.1) is 5.41 Å². The van der Waals surface area contributed by atoms with Gasteiger partial charge in [0.25, 0.3) is 0 Å². The summed E-state index contributed by atoms with van der Waals surface area (Å²) in [5.74, 6) is 0. The fourth-order valence-electron chi connectivity index (χ4n) is 3.74. The lowest BCUT2D eigenvalue weighted by Gasteiger charge is -2.33. The second-order valence-corrected chi connectivity index (χ2v) is 7.54. The maximum Gasteiger partial charge on any atom is 0.142 e. The van der Waals surface area contributed by atoms with Gasteiger partial charge >= 0.3 is 0 Å². The minimum atomic E-state index is 0.295. The molecule has 2 aliphatic carbocycles. The Hall–Kier alpha value is -1.63. The van der Waals surface area contributed by atoms with Crippen LogP contribution in [0.4, 0.5) is 0 Å². The monoisotopic (exact) mass is 310 g/mol. The van der Waals surface area contributed by atoms with E-state index in [0.717, 1.165) is 25.5 Å². The zero-order chi connectivity index (χ0) is 16.9. The molecular weight excluding hydrogens is 280 g/mol. The molecule has 0 saturated carbocycles. The van der Waals surface area contributed by atoms with Gasteiger partial charge in [-0.3, -0.25) is 4.79 Å². The van der Waals surface area contributed by atoms with E-state index in [4.69, 9.17) is 0 Å². The molecule has 1 nitrogen and oxygen atoms in total. The van der Waals surface area contributed by atoms with E-state index in [0.29, 0.717) is 5.41 Å². The van der Waals surface area contributed by atoms with Gasteiger partial charge in [0.1, 0.15) is 6.29 Å². The molecule has 0 radical (unpaired) electrons. The van der Waals surface area contributed by atoms with Crippen molar-refractivity contribution in [2.24, 2.45) is 5.41 Å². The Bertz CT molecular complexity index is 606. The predicted molar refractivity (Wildman–Crippen MR) is 99.3 cm³/mol. The molecule has 0 unspecified atom stereocenters. The molecule has 0 bridgehead atoms. The van der Waals surface area contributed by atoms with E-state index in [1.807, 2.05) is 0 Å². The van der Waals surface area contributed by atoms with Crippen molar-refractivity contribution in [2.45, 2.75) is 66.2 Å². The van der Waals surface area contributed by atoms with E-state index in [1.165, 1.54) is 41.6 Å². The lowest BCUT2D eigenvalue weighted by atomic mass is 9.72. The highest BCUT2D eigenvalue weighted by atomic mass is 16.1. The van der Waals surface area contributed by atoms with Crippen LogP contribution < -0.4 is 0 Å². The number of allylic oxidation sites excluding steroid dienone is 10. The predicted octanol–water partition coefficient (Wildman–Crippen LogP) is 6.25. The molecule has 0 spiro atoms. The Morgan fingerprint density at radius 1 is 1.22 bits per heavy atom. The number of carbonyl (C=O) groups excluding carboxylic acids is 1. The second-order valence-electron chi connectivity index (χ2n) is 7.54. The zero-order valence-corrected chi connectivity index (χ0v) is 15.1. The molecule has 0 aliphatic heterocycles. The number of carbonyl (C=O) groups is 1. The fourth-order valence-corrected chi connectivity index (χ4v) is 3.74. The van der Waals surface area contributed by atoms with Gasteiger partial charge in [0.15, 0.2) is 0 Å². The SMILES string of the molecule is CC(C=CC1=C(C)CCCC1(C)C)=C1C=CCC(=CC=O)CC1. The summed E-state index contributed by atoms with van der Waals surface area (Å²) in [6, 6.07) is 0. The molecule has 0 saturated heterocycles. The highest BCUT2D eigenvalue weighted by Crippen LogP contribution is 2.41. The van der Waals surface area contributed by atoms with Crippen molar-refractivity contribution in [3.8, 4) is 0 Å². The van der Waals surface area contributed by atoms with Crippen LogP contribution in [0.1, 0.15) is 66.2 Å². The summed E-state index contributed by atoms with van der Waals surface area (Å²) >= 11 is 0. The molecule has 0 aromatic carbocycles. The lowest BCUT2D eigenvalue weighted by Crippen LogP contribution is -2.19. The normalized spacial score (nSPS) is 25.8. The van der Waals surface area contributed by atoms with Crippen LogP contribution in [0.25, 0.3) is 0 Å². The fraction of sp³-hybridized carbons (Fsp3) is 0.500. The van der Waals surface area contributed by atoms with Crippen LogP contribution in [0.5, 0.6) is 0 Å². The molecule has 124 valence electrons. The van der Waals surface area contributed by atoms with E-state index < -0.39 is 0 Å². The molecule has 0 amide bonds. The zero-order valence-electron chi connectivity index (χ0n) is 15.1. The van der Waals surface area contributed by atoms with Crippen LogP contribution in [0.2, 0.25) is 0 Å². The third kappa shape index (κ3) is 4.67. The Kier molecular flexibility index (Phi) is 5.98. The van der Waals surface area contributed by atoms with Crippen molar-refractivity contribution in [3.63, 3.8) is 0 Å².